The minimum Gasteiger partial charge on any atom is -0.394 e. The first-order valence-electron chi connectivity index (χ1n) is 5.88. The van der Waals surface area contributed by atoms with E-state index in [0.29, 0.717) is 24.6 Å². The summed E-state index contributed by atoms with van der Waals surface area (Å²) in [6, 6.07) is 2.59. The molecule has 1 aromatic heterocycles. The van der Waals surface area contributed by atoms with Crippen LogP contribution < -0.4 is 10.6 Å². The molecule has 1 aromatic rings. The van der Waals surface area contributed by atoms with Crippen LogP contribution in [0.25, 0.3) is 0 Å². The molecule has 0 aliphatic heterocycles. The summed E-state index contributed by atoms with van der Waals surface area (Å²) in [5.41, 5.74) is -0.0313. The van der Waals surface area contributed by atoms with E-state index in [1.807, 2.05) is 13.8 Å². The smallest absolute Gasteiger partial charge is 0.276 e. The number of nitrogens with one attached hydrogen (secondary N) is 2. The number of nitro groups is 1. The largest absolute Gasteiger partial charge is 0.394 e. The Bertz CT molecular complexity index is 407. The number of nitrogens with zero attached hydrogens (tertiary/aromatic N) is 2. The molecule has 0 spiro atoms. The van der Waals surface area contributed by atoms with Crippen LogP contribution in [0.15, 0.2) is 12.1 Å². The van der Waals surface area contributed by atoms with Crippen LogP contribution in [-0.4, -0.2) is 34.2 Å². The lowest BCUT2D eigenvalue weighted by Crippen LogP contribution is -2.23. The number of anilines is 2. The fourth-order valence-corrected chi connectivity index (χ4v) is 1.45. The molecule has 0 aliphatic carbocycles. The molecule has 0 fully saturated rings. The van der Waals surface area contributed by atoms with Gasteiger partial charge >= 0.3 is 0 Å². The van der Waals surface area contributed by atoms with Crippen LogP contribution >= 0.6 is 0 Å². The molecule has 1 rings (SSSR count). The number of hydrogen-bond acceptors (Lipinski definition) is 6. The molecule has 0 aliphatic rings. The monoisotopic (exact) mass is 254 g/mol. The van der Waals surface area contributed by atoms with Crippen molar-refractivity contribution in [1.29, 1.82) is 0 Å². The van der Waals surface area contributed by atoms with Gasteiger partial charge in [-0.25, -0.2) is 4.98 Å². The summed E-state index contributed by atoms with van der Waals surface area (Å²) < 4.78 is 0. The fourth-order valence-electron chi connectivity index (χ4n) is 1.45. The second-order valence-corrected chi connectivity index (χ2v) is 3.82. The first-order valence-corrected chi connectivity index (χ1v) is 5.88. The highest BCUT2D eigenvalue weighted by Gasteiger charge is 2.13. The number of rotatable bonds is 7. The first kappa shape index (κ1) is 14.2. The van der Waals surface area contributed by atoms with E-state index in [9.17, 15) is 10.1 Å². The lowest BCUT2D eigenvalue weighted by Gasteiger charge is -2.15. The molecule has 7 nitrogen and oxygen atoms in total. The molecule has 1 unspecified atom stereocenters. The molecule has 7 heteroatoms. The summed E-state index contributed by atoms with van der Waals surface area (Å²) >= 11 is 0. The van der Waals surface area contributed by atoms with Crippen LogP contribution in [-0.2, 0) is 0 Å². The average molecular weight is 254 g/mol. The van der Waals surface area contributed by atoms with Crippen LogP contribution in [0.1, 0.15) is 20.3 Å². The van der Waals surface area contributed by atoms with Gasteiger partial charge in [-0.05, 0) is 13.3 Å². The predicted octanol–water partition coefficient (Wildman–Crippen LogP) is 1.60. The summed E-state index contributed by atoms with van der Waals surface area (Å²) in [7, 11) is 0. The van der Waals surface area contributed by atoms with Crippen LogP contribution in [0, 0.1) is 10.1 Å². The SMILES string of the molecule is CCNc1cc([N+](=O)[O-])cc(NC(CC)CO)n1. The van der Waals surface area contributed by atoms with Crippen molar-refractivity contribution in [2.24, 2.45) is 0 Å². The molecular formula is C11H18N4O3. The van der Waals surface area contributed by atoms with E-state index < -0.39 is 4.92 Å². The molecule has 1 heterocycles. The molecule has 100 valence electrons. The van der Waals surface area contributed by atoms with E-state index in [-0.39, 0.29) is 18.3 Å². The van der Waals surface area contributed by atoms with Crippen molar-refractivity contribution in [2.75, 3.05) is 23.8 Å². The zero-order valence-electron chi connectivity index (χ0n) is 10.5. The highest BCUT2D eigenvalue weighted by atomic mass is 16.6. The van der Waals surface area contributed by atoms with E-state index in [4.69, 9.17) is 5.11 Å². The molecule has 0 saturated carbocycles. The predicted molar refractivity (Wildman–Crippen MR) is 69.8 cm³/mol. The van der Waals surface area contributed by atoms with Crippen molar-refractivity contribution in [2.45, 2.75) is 26.3 Å². The summed E-state index contributed by atoms with van der Waals surface area (Å²) in [5.74, 6) is 0.836. The lowest BCUT2D eigenvalue weighted by atomic mass is 10.2. The van der Waals surface area contributed by atoms with Crippen LogP contribution in [0.4, 0.5) is 17.3 Å². The topological polar surface area (TPSA) is 100 Å². The zero-order valence-corrected chi connectivity index (χ0v) is 10.5. The van der Waals surface area contributed by atoms with Crippen molar-refractivity contribution < 1.29 is 10.0 Å². The molecule has 3 N–H and O–H groups in total. The normalized spacial score (nSPS) is 11.9. The van der Waals surface area contributed by atoms with E-state index in [2.05, 4.69) is 15.6 Å². The Labute approximate surface area is 105 Å². The summed E-state index contributed by atoms with van der Waals surface area (Å²) in [4.78, 5) is 14.5. The first-order chi connectivity index (χ1) is 8.60. The van der Waals surface area contributed by atoms with Gasteiger partial charge in [-0.15, -0.1) is 0 Å². The molecule has 0 aromatic carbocycles. The third-order valence-electron chi connectivity index (χ3n) is 2.44. The van der Waals surface area contributed by atoms with E-state index >= 15 is 0 Å². The highest BCUT2D eigenvalue weighted by Crippen LogP contribution is 2.21. The third kappa shape index (κ3) is 3.85. The van der Waals surface area contributed by atoms with Gasteiger partial charge in [-0.1, -0.05) is 6.92 Å². The maximum Gasteiger partial charge on any atom is 0.276 e. The Morgan fingerprint density at radius 3 is 2.61 bits per heavy atom. The second-order valence-electron chi connectivity index (χ2n) is 3.82. The molecule has 1 atom stereocenters. The van der Waals surface area contributed by atoms with Crippen molar-refractivity contribution in [1.82, 2.24) is 4.98 Å². The Hall–Kier alpha value is -1.89. The van der Waals surface area contributed by atoms with Crippen LogP contribution in [0.5, 0.6) is 0 Å². The minimum atomic E-state index is -0.465. The Kier molecular flexibility index (Phi) is 5.31. The van der Waals surface area contributed by atoms with Gasteiger partial charge in [0.05, 0.1) is 29.7 Å². The highest BCUT2D eigenvalue weighted by molar-refractivity contribution is 5.55. The van der Waals surface area contributed by atoms with Gasteiger partial charge < -0.3 is 15.7 Å². The lowest BCUT2D eigenvalue weighted by molar-refractivity contribution is -0.384. The number of hydrogen-bond donors (Lipinski definition) is 3. The van der Waals surface area contributed by atoms with Gasteiger partial charge in [-0.2, -0.15) is 0 Å². The van der Waals surface area contributed by atoms with Crippen molar-refractivity contribution in [3.05, 3.63) is 22.2 Å². The van der Waals surface area contributed by atoms with Gasteiger partial charge in [0.2, 0.25) is 0 Å². The van der Waals surface area contributed by atoms with E-state index in [1.54, 1.807) is 0 Å². The fraction of sp³-hybridized carbons (Fsp3) is 0.545. The quantitative estimate of drug-likeness (QED) is 0.505. The molecule has 0 bridgehead atoms. The zero-order chi connectivity index (χ0) is 13.5. The van der Waals surface area contributed by atoms with Crippen molar-refractivity contribution in [3.63, 3.8) is 0 Å². The Balaban J connectivity index is 2.98. The van der Waals surface area contributed by atoms with Crippen LogP contribution in [0.2, 0.25) is 0 Å². The average Bonchev–Trinajstić information content (AvgIpc) is 2.36. The number of aliphatic hydroxyl groups is 1. The number of aromatic nitrogens is 1. The number of pyridine rings is 1. The van der Waals surface area contributed by atoms with Gasteiger partial charge in [0.15, 0.2) is 0 Å². The van der Waals surface area contributed by atoms with E-state index in [0.717, 1.165) is 0 Å². The second kappa shape index (κ2) is 6.75. The summed E-state index contributed by atoms with van der Waals surface area (Å²) in [6.45, 7) is 4.38. The maximum absolute atomic E-state index is 10.8. The molecule has 18 heavy (non-hydrogen) atoms. The number of aliphatic hydroxyl groups excluding tert-OH is 1. The van der Waals surface area contributed by atoms with Gasteiger partial charge in [0.25, 0.3) is 5.69 Å². The summed E-state index contributed by atoms with van der Waals surface area (Å²) in [6.07, 6.45) is 0.706. The van der Waals surface area contributed by atoms with Gasteiger partial charge in [0.1, 0.15) is 11.6 Å². The van der Waals surface area contributed by atoms with Crippen molar-refractivity contribution >= 4 is 17.3 Å². The standard InChI is InChI=1S/C11H18N4O3/c1-3-8(7-16)13-11-6-9(15(17)18)5-10(14-11)12-4-2/h5-6,8,16H,3-4,7H2,1-2H3,(H2,12,13,14). The Morgan fingerprint density at radius 2 is 2.11 bits per heavy atom. The van der Waals surface area contributed by atoms with E-state index in [1.165, 1.54) is 12.1 Å². The molecule has 0 saturated heterocycles. The van der Waals surface area contributed by atoms with Gasteiger partial charge in [0, 0.05) is 6.54 Å². The van der Waals surface area contributed by atoms with Crippen molar-refractivity contribution in [3.8, 4) is 0 Å². The minimum absolute atomic E-state index is 0.0313. The molecular weight excluding hydrogens is 236 g/mol. The maximum atomic E-state index is 10.8. The summed E-state index contributed by atoms with van der Waals surface area (Å²) in [5, 5.41) is 25.8. The van der Waals surface area contributed by atoms with Crippen LogP contribution in [0.3, 0.4) is 0 Å². The molecule has 0 radical (unpaired) electrons. The Morgan fingerprint density at radius 1 is 1.44 bits per heavy atom. The van der Waals surface area contributed by atoms with Gasteiger partial charge in [-0.3, -0.25) is 10.1 Å². The third-order valence-corrected chi connectivity index (χ3v) is 2.44. The molecule has 0 amide bonds.